The van der Waals surface area contributed by atoms with Crippen molar-refractivity contribution in [2.24, 2.45) is 5.92 Å². The Morgan fingerprint density at radius 1 is 0.614 bits per heavy atom. The minimum atomic E-state index is -0.586. The molecule has 44 heavy (non-hydrogen) atoms. The van der Waals surface area contributed by atoms with Crippen molar-refractivity contribution in [3.63, 3.8) is 0 Å². The van der Waals surface area contributed by atoms with E-state index >= 15 is 0 Å². The number of carbonyl (C=O) groups excluding carboxylic acids is 3. The minimum absolute atomic E-state index is 0.0600. The summed E-state index contributed by atoms with van der Waals surface area (Å²) < 4.78 is 0. The van der Waals surface area contributed by atoms with E-state index in [0.29, 0.717) is 12.2 Å². The lowest BCUT2D eigenvalue weighted by atomic mass is 9.79. The normalized spacial score (nSPS) is 11.3. The molecular weight excluding hydrogens is 542 g/mol. The van der Waals surface area contributed by atoms with Crippen LogP contribution in [0.1, 0.15) is 81.5 Å². The van der Waals surface area contributed by atoms with Gasteiger partial charge < -0.3 is 4.90 Å². The first kappa shape index (κ1) is 34.2. The number of benzene rings is 4. The molecule has 0 aromatic heterocycles. The fourth-order valence-corrected chi connectivity index (χ4v) is 5.65. The van der Waals surface area contributed by atoms with Gasteiger partial charge in [0.2, 0.25) is 0 Å². The van der Waals surface area contributed by atoms with E-state index in [-0.39, 0.29) is 17.5 Å². The standard InChI is InChI=1S/C28H31NO2.C12H16O/c1-4-27(28(21(2)30)22(3)31)25-16-11-17-26(18-25)29(19-23-12-7-5-8-13-23)20-24-14-9-6-10-15-24;1-2-6-12(13)10-9-11-7-4-3-5-8-11/h5-18,27-28H,4,19-20H2,1-3H3;3-5,7-8H,2,6,9-10H2,1H3/t27-;/m1./s1. The Hall–Kier alpha value is -4.31. The average molecular weight is 590 g/mol. The SMILES string of the molecule is CCCC(=O)CCc1ccccc1.CC[C@H](c1cccc(N(Cc2ccccc2)Cc2ccccc2)c1)C(C(C)=O)C(C)=O. The summed E-state index contributed by atoms with van der Waals surface area (Å²) in [4.78, 5) is 38.0. The third-order valence-electron chi connectivity index (χ3n) is 7.88. The molecule has 0 N–H and O–H groups in total. The average Bonchev–Trinajstić information content (AvgIpc) is 3.04. The lowest BCUT2D eigenvalue weighted by Gasteiger charge is -2.28. The van der Waals surface area contributed by atoms with Gasteiger partial charge in [-0.2, -0.15) is 0 Å². The predicted molar refractivity (Wildman–Crippen MR) is 182 cm³/mol. The number of hydrogen-bond donors (Lipinski definition) is 0. The molecule has 0 unspecified atom stereocenters. The maximum atomic E-state index is 12.2. The fraction of sp³-hybridized carbons (Fsp3) is 0.325. The maximum Gasteiger partial charge on any atom is 0.140 e. The van der Waals surface area contributed by atoms with Crippen LogP contribution in [0.25, 0.3) is 0 Å². The molecule has 0 radical (unpaired) electrons. The van der Waals surface area contributed by atoms with Crippen LogP contribution in [0.5, 0.6) is 0 Å². The van der Waals surface area contributed by atoms with Crippen molar-refractivity contribution in [1.82, 2.24) is 0 Å². The third kappa shape index (κ3) is 11.1. The Morgan fingerprint density at radius 3 is 1.57 bits per heavy atom. The molecule has 0 saturated heterocycles. The van der Waals surface area contributed by atoms with Gasteiger partial charge in [0, 0.05) is 37.5 Å². The molecular formula is C40H47NO3. The smallest absolute Gasteiger partial charge is 0.140 e. The molecule has 1 atom stereocenters. The Kier molecular flexibility index (Phi) is 14.3. The second-order valence-electron chi connectivity index (χ2n) is 11.4. The van der Waals surface area contributed by atoms with Crippen LogP contribution in [0, 0.1) is 5.92 Å². The molecule has 0 heterocycles. The van der Waals surface area contributed by atoms with Gasteiger partial charge in [0.15, 0.2) is 0 Å². The third-order valence-corrected chi connectivity index (χ3v) is 7.88. The predicted octanol–water partition coefficient (Wildman–Crippen LogP) is 9.17. The molecule has 4 aromatic rings. The molecule has 0 aliphatic heterocycles. The molecule has 0 amide bonds. The first-order chi connectivity index (χ1) is 21.3. The maximum absolute atomic E-state index is 12.2. The molecule has 0 aliphatic rings. The number of nitrogens with zero attached hydrogens (tertiary/aromatic N) is 1. The highest BCUT2D eigenvalue weighted by molar-refractivity contribution is 6.01. The number of carbonyl (C=O) groups is 3. The Balaban J connectivity index is 0.000000340. The van der Waals surface area contributed by atoms with Crippen LogP contribution in [0.4, 0.5) is 5.69 Å². The van der Waals surface area contributed by atoms with E-state index in [1.165, 1.54) is 30.5 Å². The molecule has 0 aliphatic carbocycles. The monoisotopic (exact) mass is 589 g/mol. The first-order valence-corrected chi connectivity index (χ1v) is 15.8. The van der Waals surface area contributed by atoms with Gasteiger partial charge in [-0.25, -0.2) is 0 Å². The van der Waals surface area contributed by atoms with Crippen molar-refractivity contribution in [2.75, 3.05) is 4.90 Å². The van der Waals surface area contributed by atoms with Crippen molar-refractivity contribution >= 4 is 23.0 Å². The Bertz CT molecular complexity index is 1380. The summed E-state index contributed by atoms with van der Waals surface area (Å²) in [6, 6.07) is 39.3. The van der Waals surface area contributed by atoms with Gasteiger partial charge in [-0.3, -0.25) is 14.4 Å². The van der Waals surface area contributed by atoms with Gasteiger partial charge in [-0.05, 0) is 67.5 Å². The quantitative estimate of drug-likeness (QED) is 0.130. The van der Waals surface area contributed by atoms with Gasteiger partial charge in [0.25, 0.3) is 0 Å². The zero-order chi connectivity index (χ0) is 31.7. The van der Waals surface area contributed by atoms with Crippen LogP contribution in [0.15, 0.2) is 115 Å². The van der Waals surface area contributed by atoms with E-state index in [4.69, 9.17) is 0 Å². The van der Waals surface area contributed by atoms with Crippen LogP contribution in [0.2, 0.25) is 0 Å². The topological polar surface area (TPSA) is 54.5 Å². The van der Waals surface area contributed by atoms with Crippen molar-refractivity contribution in [2.45, 2.75) is 78.8 Å². The summed E-state index contributed by atoms with van der Waals surface area (Å²) in [6.45, 7) is 8.69. The summed E-state index contributed by atoms with van der Waals surface area (Å²) in [5.41, 5.74) is 5.87. The molecule has 0 bridgehead atoms. The fourth-order valence-electron chi connectivity index (χ4n) is 5.65. The zero-order valence-electron chi connectivity index (χ0n) is 26.7. The van der Waals surface area contributed by atoms with Crippen LogP contribution >= 0.6 is 0 Å². The second-order valence-corrected chi connectivity index (χ2v) is 11.4. The van der Waals surface area contributed by atoms with Crippen molar-refractivity contribution in [1.29, 1.82) is 0 Å². The number of rotatable bonds is 15. The van der Waals surface area contributed by atoms with E-state index in [9.17, 15) is 14.4 Å². The van der Waals surface area contributed by atoms with Crippen LogP contribution < -0.4 is 4.90 Å². The highest BCUT2D eigenvalue weighted by Gasteiger charge is 2.30. The summed E-state index contributed by atoms with van der Waals surface area (Å²) in [6.07, 6.45) is 4.02. The zero-order valence-corrected chi connectivity index (χ0v) is 26.7. The van der Waals surface area contributed by atoms with E-state index in [1.807, 2.05) is 56.3 Å². The number of aryl methyl sites for hydroxylation is 1. The Morgan fingerprint density at radius 2 is 1.11 bits per heavy atom. The summed E-state index contributed by atoms with van der Waals surface area (Å²) in [7, 11) is 0. The lowest BCUT2D eigenvalue weighted by molar-refractivity contribution is -0.131. The van der Waals surface area contributed by atoms with E-state index in [1.54, 1.807) is 0 Å². The highest BCUT2D eigenvalue weighted by Crippen LogP contribution is 2.33. The van der Waals surface area contributed by atoms with Gasteiger partial charge in [0.05, 0.1) is 5.92 Å². The minimum Gasteiger partial charge on any atom is -0.363 e. The molecule has 0 saturated carbocycles. The number of hydrogen-bond acceptors (Lipinski definition) is 4. The van der Waals surface area contributed by atoms with Gasteiger partial charge in [0.1, 0.15) is 17.3 Å². The summed E-state index contributed by atoms with van der Waals surface area (Å²) in [5, 5.41) is 0. The Labute approximate surface area is 264 Å². The molecule has 0 fully saturated rings. The molecule has 4 rings (SSSR count). The summed E-state index contributed by atoms with van der Waals surface area (Å²) in [5.74, 6) is -0.432. The molecule has 4 aromatic carbocycles. The molecule has 4 nitrogen and oxygen atoms in total. The summed E-state index contributed by atoms with van der Waals surface area (Å²) >= 11 is 0. The highest BCUT2D eigenvalue weighted by atomic mass is 16.1. The molecule has 4 heteroatoms. The van der Waals surface area contributed by atoms with Crippen LogP contribution in [0.3, 0.4) is 0 Å². The number of ketones is 3. The van der Waals surface area contributed by atoms with E-state index < -0.39 is 5.92 Å². The van der Waals surface area contributed by atoms with Gasteiger partial charge in [-0.15, -0.1) is 0 Å². The van der Waals surface area contributed by atoms with Crippen LogP contribution in [-0.2, 0) is 33.9 Å². The molecule has 0 spiro atoms. The van der Waals surface area contributed by atoms with Gasteiger partial charge in [-0.1, -0.05) is 117 Å². The van der Waals surface area contributed by atoms with Gasteiger partial charge >= 0.3 is 0 Å². The number of anilines is 1. The van der Waals surface area contributed by atoms with Crippen molar-refractivity contribution in [3.05, 3.63) is 138 Å². The van der Waals surface area contributed by atoms with E-state index in [0.717, 1.165) is 50.0 Å². The van der Waals surface area contributed by atoms with Crippen molar-refractivity contribution < 1.29 is 14.4 Å². The first-order valence-electron chi connectivity index (χ1n) is 15.8. The van der Waals surface area contributed by atoms with Crippen LogP contribution in [-0.4, -0.2) is 17.3 Å². The molecule has 230 valence electrons. The largest absolute Gasteiger partial charge is 0.363 e. The number of Topliss-reactive ketones (excluding diaryl/α,β-unsaturated/α-hetero) is 3. The second kappa shape index (κ2) is 18.4. The lowest BCUT2D eigenvalue weighted by Crippen LogP contribution is -2.27. The van der Waals surface area contributed by atoms with E-state index in [2.05, 4.69) is 77.7 Å². The van der Waals surface area contributed by atoms with Crippen molar-refractivity contribution in [3.8, 4) is 0 Å².